The molecule has 402 valence electrons. The standard InChI is InChI=1S/C57H58F3N7O8S2/c1-31(35-8-10-36(11-9-35)48-32(2)62-30-77-48)63-50(69)45-24-41(68)27-65(45)52(71)49(55(3,4)5)64-51(70)47-22-37-13-17-43(25-46(37)75-47)74-29-34-20-33(21-34)28-73-42-18-15-39(16-19-42)67-54(76)66(53(72)56(67,6)7)40-14-12-38(26-61)44(23-40)57(58,59)60/h8-19,22-23,25,30-31,33-34,41,45,49,68H,20-21,24,27-29H2,1-7H3,(H,63,69)(H,64,70)/t31-,33?,34?,41+,45?,49+/m0/s1. The zero-order chi connectivity index (χ0) is 55.3. The molecule has 2 saturated heterocycles. The fourth-order valence-electron chi connectivity index (χ4n) is 10.2. The first-order chi connectivity index (χ1) is 36.4. The smallest absolute Gasteiger partial charge is 0.417 e. The van der Waals surface area contributed by atoms with Gasteiger partial charge in [0, 0.05) is 30.1 Å². The highest BCUT2D eigenvalue weighted by atomic mass is 32.1. The number of carbonyl (C=O) groups excluding carboxylic acids is 4. The number of aryl methyl sites for hydroxylation is 1. The molecule has 0 spiro atoms. The molecule has 9 rings (SSSR count). The molecule has 0 radical (unpaired) electrons. The largest absolute Gasteiger partial charge is 0.493 e. The van der Waals surface area contributed by atoms with Gasteiger partial charge in [-0.25, -0.2) is 4.98 Å². The van der Waals surface area contributed by atoms with E-state index in [1.807, 2.05) is 58.9 Å². The van der Waals surface area contributed by atoms with Crippen LogP contribution in [0.1, 0.15) is 99.8 Å². The Hall–Kier alpha value is -7.34. The van der Waals surface area contributed by atoms with Crippen molar-refractivity contribution in [1.82, 2.24) is 20.5 Å². The van der Waals surface area contributed by atoms with Crippen LogP contribution in [0.2, 0.25) is 0 Å². The number of amides is 4. The Morgan fingerprint density at radius 3 is 2.19 bits per heavy atom. The van der Waals surface area contributed by atoms with Crippen LogP contribution in [0, 0.1) is 35.5 Å². The highest BCUT2D eigenvalue weighted by Gasteiger charge is 2.51. The summed E-state index contributed by atoms with van der Waals surface area (Å²) < 4.78 is 59.6. The summed E-state index contributed by atoms with van der Waals surface area (Å²) in [5.74, 6) is -0.332. The van der Waals surface area contributed by atoms with Crippen LogP contribution in [0.4, 0.5) is 24.5 Å². The average Bonchev–Trinajstić information content (AvgIpc) is 4.19. The third-order valence-electron chi connectivity index (χ3n) is 14.5. The number of rotatable bonds is 15. The van der Waals surface area contributed by atoms with Crippen molar-refractivity contribution in [1.29, 1.82) is 5.26 Å². The second-order valence-electron chi connectivity index (χ2n) is 21.6. The van der Waals surface area contributed by atoms with Crippen molar-refractivity contribution in [3.63, 3.8) is 0 Å². The number of halogens is 3. The fraction of sp³-hybridized carbons (Fsp3) is 0.386. The molecule has 3 fully saturated rings. The molecule has 2 aromatic heterocycles. The zero-order valence-electron chi connectivity index (χ0n) is 43.4. The molecule has 1 saturated carbocycles. The first-order valence-corrected chi connectivity index (χ1v) is 26.5. The lowest BCUT2D eigenvalue weighted by Crippen LogP contribution is -2.57. The number of aromatic nitrogens is 1. The first-order valence-electron chi connectivity index (χ1n) is 25.2. The van der Waals surface area contributed by atoms with Crippen LogP contribution in [0.3, 0.4) is 0 Å². The number of hydrogen-bond acceptors (Lipinski definition) is 12. The van der Waals surface area contributed by atoms with Crippen LogP contribution in [0.15, 0.2) is 101 Å². The minimum Gasteiger partial charge on any atom is -0.493 e. The van der Waals surface area contributed by atoms with Crippen molar-refractivity contribution >= 4 is 74.6 Å². The summed E-state index contributed by atoms with van der Waals surface area (Å²) >= 11 is 7.22. The van der Waals surface area contributed by atoms with E-state index in [9.17, 15) is 42.7 Å². The number of aliphatic hydroxyl groups excluding tert-OH is 1. The number of alkyl halides is 3. The summed E-state index contributed by atoms with van der Waals surface area (Å²) in [4.78, 5) is 65.0. The number of hydrogen-bond donors (Lipinski definition) is 3. The van der Waals surface area contributed by atoms with Gasteiger partial charge in [0.1, 0.15) is 34.7 Å². The summed E-state index contributed by atoms with van der Waals surface area (Å²) in [6.07, 6.45) is -3.95. The van der Waals surface area contributed by atoms with E-state index < -0.39 is 70.1 Å². The van der Waals surface area contributed by atoms with E-state index in [-0.39, 0.29) is 47.4 Å². The maximum Gasteiger partial charge on any atom is 0.417 e. The lowest BCUT2D eigenvalue weighted by Gasteiger charge is -2.35. The number of benzene rings is 4. The molecule has 4 aromatic carbocycles. The van der Waals surface area contributed by atoms with Gasteiger partial charge in [-0.1, -0.05) is 45.0 Å². The summed E-state index contributed by atoms with van der Waals surface area (Å²) in [5, 5.41) is 26.5. The summed E-state index contributed by atoms with van der Waals surface area (Å²) in [7, 11) is 0. The number of thiocarbonyl (C=S) groups is 1. The van der Waals surface area contributed by atoms with E-state index in [0.717, 1.165) is 51.6 Å². The highest BCUT2D eigenvalue weighted by molar-refractivity contribution is 7.81. The van der Waals surface area contributed by atoms with Gasteiger partial charge in [0.05, 0.1) is 64.3 Å². The Kier molecular flexibility index (Phi) is 15.0. The van der Waals surface area contributed by atoms with Gasteiger partial charge >= 0.3 is 6.18 Å². The monoisotopic (exact) mass is 1090 g/mol. The second-order valence-corrected chi connectivity index (χ2v) is 22.8. The Bertz CT molecular complexity index is 3290. The van der Waals surface area contributed by atoms with Crippen LogP contribution in [0.25, 0.3) is 21.4 Å². The van der Waals surface area contributed by atoms with Crippen molar-refractivity contribution in [2.45, 2.75) is 104 Å². The number of fused-ring (bicyclic) bond motifs is 1. The molecular weight excluding hydrogens is 1030 g/mol. The predicted octanol–water partition coefficient (Wildman–Crippen LogP) is 10.1. The van der Waals surface area contributed by atoms with E-state index in [4.69, 9.17) is 26.1 Å². The number of furan rings is 1. The van der Waals surface area contributed by atoms with E-state index in [2.05, 4.69) is 15.6 Å². The maximum absolute atomic E-state index is 14.3. The quantitative estimate of drug-likeness (QED) is 0.0827. The van der Waals surface area contributed by atoms with Crippen molar-refractivity contribution in [3.8, 4) is 28.0 Å². The maximum atomic E-state index is 14.3. The minimum absolute atomic E-state index is 0.00252. The van der Waals surface area contributed by atoms with E-state index in [1.165, 1.54) is 11.0 Å². The summed E-state index contributed by atoms with van der Waals surface area (Å²) in [6, 6.07) is 24.0. The van der Waals surface area contributed by atoms with Crippen molar-refractivity contribution in [2.24, 2.45) is 17.3 Å². The van der Waals surface area contributed by atoms with E-state index in [1.54, 1.807) is 90.2 Å². The molecule has 1 aliphatic carbocycles. The fourth-order valence-corrected chi connectivity index (χ4v) is 11.5. The van der Waals surface area contributed by atoms with Gasteiger partial charge in [0.25, 0.3) is 11.8 Å². The molecule has 77 heavy (non-hydrogen) atoms. The van der Waals surface area contributed by atoms with Crippen LogP contribution in [0.5, 0.6) is 11.5 Å². The molecule has 3 aliphatic rings. The Balaban J connectivity index is 0.752. The van der Waals surface area contributed by atoms with Crippen LogP contribution in [-0.4, -0.2) is 87.2 Å². The molecule has 20 heteroatoms. The second kappa shape index (κ2) is 21.2. The molecule has 4 amide bonds. The zero-order valence-corrected chi connectivity index (χ0v) is 45.1. The van der Waals surface area contributed by atoms with Crippen LogP contribution in [-0.2, 0) is 20.6 Å². The predicted molar refractivity (Wildman–Crippen MR) is 288 cm³/mol. The normalized spacial score (nSPS) is 20.2. The van der Waals surface area contributed by atoms with Gasteiger partial charge < -0.3 is 39.4 Å². The Morgan fingerprint density at radius 1 is 0.922 bits per heavy atom. The lowest BCUT2D eigenvalue weighted by molar-refractivity contribution is -0.142. The number of aliphatic hydroxyl groups is 1. The Labute approximate surface area is 452 Å². The van der Waals surface area contributed by atoms with Crippen LogP contribution < -0.4 is 29.9 Å². The number of thiazole rings is 1. The molecule has 4 atom stereocenters. The molecule has 2 aliphatic heterocycles. The lowest BCUT2D eigenvalue weighted by atomic mass is 9.76. The van der Waals surface area contributed by atoms with Gasteiger partial charge in [-0.3, -0.25) is 24.1 Å². The Morgan fingerprint density at radius 2 is 1.57 bits per heavy atom. The highest BCUT2D eigenvalue weighted by Crippen LogP contribution is 2.41. The van der Waals surface area contributed by atoms with Crippen LogP contribution >= 0.6 is 23.6 Å². The number of β-amino-alcohol motifs (C(OH)–C–C–N with tert-alkyl or cyclic N) is 1. The van der Waals surface area contributed by atoms with Gasteiger partial charge in [-0.15, -0.1) is 11.3 Å². The molecule has 3 N–H and O–H groups in total. The van der Waals surface area contributed by atoms with E-state index in [0.29, 0.717) is 41.4 Å². The van der Waals surface area contributed by atoms with Gasteiger partial charge in [0.15, 0.2) is 10.9 Å². The molecule has 1 unspecified atom stereocenters. The summed E-state index contributed by atoms with van der Waals surface area (Å²) in [6.45, 7) is 13.4. The number of anilines is 2. The molecular formula is C57H58F3N7O8S2. The van der Waals surface area contributed by atoms with E-state index >= 15 is 0 Å². The molecule has 4 heterocycles. The third-order valence-corrected chi connectivity index (χ3v) is 15.8. The van der Waals surface area contributed by atoms with Crippen molar-refractivity contribution in [3.05, 3.63) is 125 Å². The first kappa shape index (κ1) is 54.4. The average molecular weight is 1090 g/mol. The number of nitrogens with one attached hydrogen (secondary N) is 2. The van der Waals surface area contributed by atoms with Gasteiger partial charge in [0.2, 0.25) is 11.8 Å². The molecule has 0 bridgehead atoms. The minimum atomic E-state index is -4.81. The summed E-state index contributed by atoms with van der Waals surface area (Å²) in [5.41, 5.74) is 1.80. The van der Waals surface area contributed by atoms with Gasteiger partial charge in [-0.05, 0) is 142 Å². The van der Waals surface area contributed by atoms with Gasteiger partial charge in [-0.2, -0.15) is 18.4 Å². The number of carbonyl (C=O) groups is 4. The third kappa shape index (κ3) is 11.3. The number of nitriles is 1. The van der Waals surface area contributed by atoms with Crippen molar-refractivity contribution < 1.29 is 51.3 Å². The molecule has 6 aromatic rings. The number of ether oxygens (including phenoxy) is 2. The topological polar surface area (TPSA) is 191 Å². The van der Waals surface area contributed by atoms with Crippen molar-refractivity contribution in [2.75, 3.05) is 29.6 Å². The molecule has 15 nitrogen and oxygen atoms in total. The number of nitrogens with zero attached hydrogens (tertiary/aromatic N) is 5. The SMILES string of the molecule is Cc1ncsc1-c1ccc([C@H](C)NC(=O)C2C[C@@H](O)CN2C(=O)[C@@H](NC(=O)c2cc3ccc(OCC4CC(COc5ccc(N6C(=S)N(c7ccc(C#N)c(C(F)(F)F)c7)C(=O)C6(C)C)cc5)C4)cc3o2)C(C)(C)C)cc1. The number of likely N-dealkylation sites (tertiary alicyclic amines) is 1.